The molecular formula is C14H12N2O3. The van der Waals surface area contributed by atoms with E-state index in [1.165, 1.54) is 12.1 Å². The molecule has 0 fully saturated rings. The number of amides is 1. The number of rotatable bonds is 3. The molecular weight excluding hydrogens is 244 g/mol. The highest BCUT2D eigenvalue weighted by molar-refractivity contribution is 5.95. The smallest absolute Gasteiger partial charge is 0.335 e. The predicted octanol–water partition coefficient (Wildman–Crippen LogP) is 1.81. The molecule has 5 nitrogen and oxygen atoms in total. The van der Waals surface area contributed by atoms with Crippen LogP contribution in [0.2, 0.25) is 0 Å². The summed E-state index contributed by atoms with van der Waals surface area (Å²) in [6.45, 7) is 0. The summed E-state index contributed by atoms with van der Waals surface area (Å²) in [5.41, 5.74) is 2.11. The van der Waals surface area contributed by atoms with Gasteiger partial charge in [0.2, 0.25) is 0 Å². The fourth-order valence-electron chi connectivity index (χ4n) is 1.66. The zero-order valence-electron chi connectivity index (χ0n) is 10.3. The van der Waals surface area contributed by atoms with Crippen molar-refractivity contribution in [3.63, 3.8) is 0 Å². The van der Waals surface area contributed by atoms with Crippen molar-refractivity contribution in [2.45, 2.75) is 0 Å². The third-order valence-corrected chi connectivity index (χ3v) is 2.68. The lowest BCUT2D eigenvalue weighted by Crippen LogP contribution is -2.17. The SMILES string of the molecule is CNC(=O)c1ccnc(-c2ccc(C(=O)O)cc2)c1. The Hall–Kier alpha value is -2.69. The van der Waals surface area contributed by atoms with Crippen molar-refractivity contribution in [3.8, 4) is 11.3 Å². The summed E-state index contributed by atoms with van der Waals surface area (Å²) in [5.74, 6) is -1.16. The van der Waals surface area contributed by atoms with Crippen molar-refractivity contribution in [1.82, 2.24) is 10.3 Å². The van der Waals surface area contributed by atoms with Crippen molar-refractivity contribution in [1.29, 1.82) is 0 Å². The minimum atomic E-state index is -0.973. The van der Waals surface area contributed by atoms with E-state index in [-0.39, 0.29) is 11.5 Å². The molecule has 0 aliphatic carbocycles. The van der Waals surface area contributed by atoms with Gasteiger partial charge in [0, 0.05) is 24.4 Å². The van der Waals surface area contributed by atoms with Crippen molar-refractivity contribution in [2.75, 3.05) is 7.05 Å². The van der Waals surface area contributed by atoms with E-state index in [4.69, 9.17) is 5.11 Å². The lowest BCUT2D eigenvalue weighted by molar-refractivity contribution is 0.0696. The van der Waals surface area contributed by atoms with Crippen molar-refractivity contribution >= 4 is 11.9 Å². The summed E-state index contributed by atoms with van der Waals surface area (Å²) >= 11 is 0. The molecule has 5 heteroatoms. The first-order valence-corrected chi connectivity index (χ1v) is 5.63. The molecule has 19 heavy (non-hydrogen) atoms. The van der Waals surface area contributed by atoms with Crippen LogP contribution >= 0.6 is 0 Å². The Morgan fingerprint density at radius 2 is 1.79 bits per heavy atom. The first-order valence-electron chi connectivity index (χ1n) is 5.63. The Morgan fingerprint density at radius 3 is 2.37 bits per heavy atom. The van der Waals surface area contributed by atoms with E-state index in [0.717, 1.165) is 5.56 Å². The van der Waals surface area contributed by atoms with Crippen LogP contribution in [0.25, 0.3) is 11.3 Å². The van der Waals surface area contributed by atoms with Crippen LogP contribution in [0.1, 0.15) is 20.7 Å². The second kappa shape index (κ2) is 5.30. The van der Waals surface area contributed by atoms with Crippen LogP contribution in [-0.4, -0.2) is 29.0 Å². The lowest BCUT2D eigenvalue weighted by Gasteiger charge is -2.04. The molecule has 1 aromatic carbocycles. The van der Waals surface area contributed by atoms with Gasteiger partial charge in [0.1, 0.15) is 0 Å². The van der Waals surface area contributed by atoms with E-state index in [9.17, 15) is 9.59 Å². The first-order chi connectivity index (χ1) is 9.11. The summed E-state index contributed by atoms with van der Waals surface area (Å²) in [7, 11) is 1.56. The molecule has 0 radical (unpaired) electrons. The van der Waals surface area contributed by atoms with E-state index < -0.39 is 5.97 Å². The maximum absolute atomic E-state index is 11.5. The van der Waals surface area contributed by atoms with Crippen molar-refractivity contribution < 1.29 is 14.7 Å². The van der Waals surface area contributed by atoms with Gasteiger partial charge in [0.25, 0.3) is 5.91 Å². The average molecular weight is 256 g/mol. The summed E-state index contributed by atoms with van der Waals surface area (Å²) in [4.78, 5) is 26.5. The maximum atomic E-state index is 11.5. The number of hydrogen-bond donors (Lipinski definition) is 2. The predicted molar refractivity (Wildman–Crippen MR) is 70.0 cm³/mol. The summed E-state index contributed by atoms with van der Waals surface area (Å²) in [5, 5.41) is 11.4. The molecule has 96 valence electrons. The first kappa shape index (κ1) is 12.8. The molecule has 0 saturated carbocycles. The number of benzene rings is 1. The fraction of sp³-hybridized carbons (Fsp3) is 0.0714. The number of carbonyl (C=O) groups is 2. The van der Waals surface area contributed by atoms with E-state index in [2.05, 4.69) is 10.3 Å². The van der Waals surface area contributed by atoms with Gasteiger partial charge in [-0.1, -0.05) is 12.1 Å². The number of carboxylic acids is 1. The van der Waals surface area contributed by atoms with Gasteiger partial charge in [-0.05, 0) is 24.3 Å². The zero-order chi connectivity index (χ0) is 13.8. The van der Waals surface area contributed by atoms with Gasteiger partial charge in [-0.15, -0.1) is 0 Å². The van der Waals surface area contributed by atoms with E-state index in [0.29, 0.717) is 11.3 Å². The summed E-state index contributed by atoms with van der Waals surface area (Å²) in [6.07, 6.45) is 1.55. The fourth-order valence-corrected chi connectivity index (χ4v) is 1.66. The average Bonchev–Trinajstić information content (AvgIpc) is 2.46. The Balaban J connectivity index is 2.36. The van der Waals surface area contributed by atoms with Crippen LogP contribution in [0.3, 0.4) is 0 Å². The van der Waals surface area contributed by atoms with Crippen molar-refractivity contribution in [3.05, 3.63) is 53.7 Å². The molecule has 1 heterocycles. The van der Waals surface area contributed by atoms with Gasteiger partial charge in [-0.2, -0.15) is 0 Å². The highest BCUT2D eigenvalue weighted by Crippen LogP contribution is 2.18. The normalized spacial score (nSPS) is 9.95. The molecule has 0 unspecified atom stereocenters. The molecule has 0 aliphatic rings. The Morgan fingerprint density at radius 1 is 1.11 bits per heavy atom. The number of carbonyl (C=O) groups excluding carboxylic acids is 1. The molecule has 2 rings (SSSR count). The largest absolute Gasteiger partial charge is 0.478 e. The van der Waals surface area contributed by atoms with Gasteiger partial charge in [-0.25, -0.2) is 4.79 Å². The molecule has 1 aromatic heterocycles. The summed E-state index contributed by atoms with van der Waals surface area (Å²) in [6, 6.07) is 9.62. The number of aromatic carboxylic acids is 1. The minimum absolute atomic E-state index is 0.189. The number of aromatic nitrogens is 1. The Kier molecular flexibility index (Phi) is 3.56. The van der Waals surface area contributed by atoms with Crippen LogP contribution in [0, 0.1) is 0 Å². The van der Waals surface area contributed by atoms with Gasteiger partial charge in [0.05, 0.1) is 11.3 Å². The number of hydrogen-bond acceptors (Lipinski definition) is 3. The third kappa shape index (κ3) is 2.77. The molecule has 0 aliphatic heterocycles. The monoisotopic (exact) mass is 256 g/mol. The minimum Gasteiger partial charge on any atom is -0.478 e. The van der Waals surface area contributed by atoms with E-state index >= 15 is 0 Å². The van der Waals surface area contributed by atoms with Crippen LogP contribution in [0.5, 0.6) is 0 Å². The summed E-state index contributed by atoms with van der Waals surface area (Å²) < 4.78 is 0. The molecule has 0 saturated heterocycles. The standard InChI is InChI=1S/C14H12N2O3/c1-15-13(17)11-6-7-16-12(8-11)9-2-4-10(5-3-9)14(18)19/h2-8H,1H3,(H,15,17)(H,18,19). The van der Waals surface area contributed by atoms with E-state index in [1.54, 1.807) is 37.5 Å². The molecule has 2 aromatic rings. The molecule has 0 bridgehead atoms. The third-order valence-electron chi connectivity index (χ3n) is 2.68. The second-order valence-corrected chi connectivity index (χ2v) is 3.89. The van der Waals surface area contributed by atoms with Crippen LogP contribution < -0.4 is 5.32 Å². The van der Waals surface area contributed by atoms with Crippen LogP contribution in [-0.2, 0) is 0 Å². The zero-order valence-corrected chi connectivity index (χ0v) is 10.3. The number of nitrogens with one attached hydrogen (secondary N) is 1. The molecule has 0 spiro atoms. The van der Waals surface area contributed by atoms with Crippen molar-refractivity contribution in [2.24, 2.45) is 0 Å². The second-order valence-electron chi connectivity index (χ2n) is 3.89. The van der Waals surface area contributed by atoms with E-state index in [1.807, 2.05) is 0 Å². The number of carboxylic acid groups (broad SMARTS) is 1. The molecule has 2 N–H and O–H groups in total. The van der Waals surface area contributed by atoms with Gasteiger partial charge in [-0.3, -0.25) is 9.78 Å². The van der Waals surface area contributed by atoms with Crippen LogP contribution in [0.15, 0.2) is 42.6 Å². The molecule has 0 atom stereocenters. The highest BCUT2D eigenvalue weighted by atomic mass is 16.4. The van der Waals surface area contributed by atoms with Gasteiger partial charge >= 0.3 is 5.97 Å². The van der Waals surface area contributed by atoms with Gasteiger partial charge < -0.3 is 10.4 Å². The quantitative estimate of drug-likeness (QED) is 0.877. The number of pyridine rings is 1. The lowest BCUT2D eigenvalue weighted by atomic mass is 10.1. The van der Waals surface area contributed by atoms with Gasteiger partial charge in [0.15, 0.2) is 0 Å². The Bertz CT molecular complexity index is 621. The highest BCUT2D eigenvalue weighted by Gasteiger charge is 2.07. The number of nitrogens with zero attached hydrogens (tertiary/aromatic N) is 1. The topological polar surface area (TPSA) is 79.3 Å². The molecule has 1 amide bonds. The Labute approximate surface area is 109 Å². The van der Waals surface area contributed by atoms with Crippen LogP contribution in [0.4, 0.5) is 0 Å². The maximum Gasteiger partial charge on any atom is 0.335 e.